The molecule has 3 heteroatoms. The Balaban J connectivity index is 1.74. The van der Waals surface area contributed by atoms with E-state index in [4.69, 9.17) is 0 Å². The lowest BCUT2D eigenvalue weighted by molar-refractivity contribution is 0.300. The molecule has 0 spiro atoms. The van der Waals surface area contributed by atoms with E-state index < -0.39 is 0 Å². The average Bonchev–Trinajstić information content (AvgIpc) is 2.30. The van der Waals surface area contributed by atoms with E-state index in [0.29, 0.717) is 0 Å². The van der Waals surface area contributed by atoms with Crippen LogP contribution in [-0.2, 0) is 0 Å². The minimum Gasteiger partial charge on any atom is -0.382 e. The average molecular weight is 205 g/mol. The van der Waals surface area contributed by atoms with Gasteiger partial charge in [0, 0.05) is 6.54 Å². The largest absolute Gasteiger partial charge is 0.382 e. The van der Waals surface area contributed by atoms with E-state index in [1.54, 1.807) is 6.33 Å². The summed E-state index contributed by atoms with van der Waals surface area (Å²) in [6, 6.07) is 0. The van der Waals surface area contributed by atoms with Crippen molar-refractivity contribution in [2.45, 2.75) is 32.6 Å². The minimum absolute atomic E-state index is 0.835. The second-order valence-corrected chi connectivity index (χ2v) is 4.63. The van der Waals surface area contributed by atoms with Crippen LogP contribution in [0.4, 0.5) is 5.69 Å². The van der Waals surface area contributed by atoms with Crippen LogP contribution in [0.25, 0.3) is 0 Å². The maximum Gasteiger partial charge on any atom is 0.115 e. The summed E-state index contributed by atoms with van der Waals surface area (Å²) >= 11 is 0. The molecule has 0 aromatic carbocycles. The van der Waals surface area contributed by atoms with Gasteiger partial charge in [0.1, 0.15) is 6.33 Å². The molecule has 3 nitrogen and oxygen atoms in total. The molecule has 0 saturated heterocycles. The summed E-state index contributed by atoms with van der Waals surface area (Å²) in [6.07, 6.45) is 10.7. The van der Waals surface area contributed by atoms with Gasteiger partial charge in [-0.3, -0.25) is 0 Å². The molecule has 1 N–H and O–H groups in total. The van der Waals surface area contributed by atoms with E-state index in [-0.39, 0.29) is 0 Å². The lowest BCUT2D eigenvalue weighted by atomic mass is 9.83. The van der Waals surface area contributed by atoms with Crippen LogP contribution in [0, 0.1) is 11.8 Å². The summed E-state index contributed by atoms with van der Waals surface area (Å²) in [5.41, 5.74) is 1.04. The Labute approximate surface area is 91.3 Å². The Bertz CT molecular complexity index is 278. The van der Waals surface area contributed by atoms with Crippen molar-refractivity contribution in [3.8, 4) is 0 Å². The van der Waals surface area contributed by atoms with Gasteiger partial charge in [0.25, 0.3) is 0 Å². The number of aromatic nitrogens is 2. The van der Waals surface area contributed by atoms with Crippen molar-refractivity contribution in [3.63, 3.8) is 0 Å². The van der Waals surface area contributed by atoms with Crippen LogP contribution in [0.1, 0.15) is 32.6 Å². The Morgan fingerprint density at radius 3 is 2.53 bits per heavy atom. The second kappa shape index (κ2) is 5.10. The van der Waals surface area contributed by atoms with Crippen LogP contribution in [-0.4, -0.2) is 16.5 Å². The number of rotatable bonds is 3. The zero-order valence-corrected chi connectivity index (χ0v) is 9.32. The topological polar surface area (TPSA) is 37.8 Å². The molecule has 1 aromatic heterocycles. The second-order valence-electron chi connectivity index (χ2n) is 4.63. The van der Waals surface area contributed by atoms with Gasteiger partial charge in [-0.2, -0.15) is 0 Å². The number of nitrogens with one attached hydrogen (secondary N) is 1. The van der Waals surface area contributed by atoms with Crippen molar-refractivity contribution in [2.24, 2.45) is 11.8 Å². The van der Waals surface area contributed by atoms with Crippen LogP contribution < -0.4 is 5.32 Å². The molecule has 0 radical (unpaired) electrons. The molecule has 1 fully saturated rings. The lowest BCUT2D eigenvalue weighted by Gasteiger charge is -2.26. The summed E-state index contributed by atoms with van der Waals surface area (Å²) in [5, 5.41) is 3.40. The zero-order valence-electron chi connectivity index (χ0n) is 9.32. The fourth-order valence-electron chi connectivity index (χ4n) is 2.19. The first kappa shape index (κ1) is 10.4. The summed E-state index contributed by atoms with van der Waals surface area (Å²) in [4.78, 5) is 7.97. The predicted octanol–water partition coefficient (Wildman–Crippen LogP) is 2.71. The SMILES string of the molecule is CC1CCC(CNc2cncnc2)CC1. The van der Waals surface area contributed by atoms with Gasteiger partial charge in [-0.25, -0.2) is 9.97 Å². The van der Waals surface area contributed by atoms with E-state index in [9.17, 15) is 0 Å². The fraction of sp³-hybridized carbons (Fsp3) is 0.667. The predicted molar refractivity (Wildman–Crippen MR) is 61.6 cm³/mol. The molecular formula is C12H19N3. The maximum absolute atomic E-state index is 3.99. The third kappa shape index (κ3) is 3.18. The van der Waals surface area contributed by atoms with Gasteiger partial charge in [-0.1, -0.05) is 19.8 Å². The van der Waals surface area contributed by atoms with Gasteiger partial charge in [0.05, 0.1) is 18.1 Å². The van der Waals surface area contributed by atoms with Crippen LogP contribution in [0.15, 0.2) is 18.7 Å². The summed E-state index contributed by atoms with van der Waals surface area (Å²) in [5.74, 6) is 1.77. The Hall–Kier alpha value is -1.12. The van der Waals surface area contributed by atoms with Crippen molar-refractivity contribution in [3.05, 3.63) is 18.7 Å². The molecule has 2 rings (SSSR count). The van der Waals surface area contributed by atoms with Gasteiger partial charge in [0.2, 0.25) is 0 Å². The quantitative estimate of drug-likeness (QED) is 0.824. The first-order chi connectivity index (χ1) is 7.34. The van der Waals surface area contributed by atoms with Gasteiger partial charge in [0.15, 0.2) is 0 Å². The van der Waals surface area contributed by atoms with Gasteiger partial charge in [-0.05, 0) is 24.7 Å². The number of hydrogen-bond donors (Lipinski definition) is 1. The highest BCUT2D eigenvalue weighted by Gasteiger charge is 2.17. The third-order valence-corrected chi connectivity index (χ3v) is 3.29. The number of nitrogens with zero attached hydrogens (tertiary/aromatic N) is 2. The van der Waals surface area contributed by atoms with E-state index >= 15 is 0 Å². The van der Waals surface area contributed by atoms with E-state index in [0.717, 1.165) is 24.1 Å². The molecule has 0 unspecified atom stereocenters. The molecule has 0 amide bonds. The fourth-order valence-corrected chi connectivity index (χ4v) is 2.19. The van der Waals surface area contributed by atoms with Crippen molar-refractivity contribution < 1.29 is 0 Å². The molecule has 0 bridgehead atoms. The highest BCUT2D eigenvalue weighted by Crippen LogP contribution is 2.28. The standard InChI is InChI=1S/C12H19N3/c1-10-2-4-11(5-3-10)6-15-12-7-13-9-14-8-12/h7-11,15H,2-6H2,1H3. The Morgan fingerprint density at radius 1 is 1.20 bits per heavy atom. The summed E-state index contributed by atoms with van der Waals surface area (Å²) in [7, 11) is 0. The first-order valence-corrected chi connectivity index (χ1v) is 5.83. The molecule has 1 aliphatic carbocycles. The molecule has 1 saturated carbocycles. The summed E-state index contributed by atoms with van der Waals surface area (Å²) in [6.45, 7) is 3.43. The first-order valence-electron chi connectivity index (χ1n) is 5.83. The van der Waals surface area contributed by atoms with Crippen LogP contribution in [0.2, 0.25) is 0 Å². The van der Waals surface area contributed by atoms with Crippen LogP contribution in [0.3, 0.4) is 0 Å². The normalized spacial score (nSPS) is 26.2. The zero-order chi connectivity index (χ0) is 10.5. The Kier molecular flexibility index (Phi) is 3.54. The van der Waals surface area contributed by atoms with E-state index in [1.807, 2.05) is 12.4 Å². The van der Waals surface area contributed by atoms with Gasteiger partial charge in [-0.15, -0.1) is 0 Å². The van der Waals surface area contributed by atoms with Crippen molar-refractivity contribution >= 4 is 5.69 Å². The van der Waals surface area contributed by atoms with Crippen molar-refractivity contribution in [2.75, 3.05) is 11.9 Å². The third-order valence-electron chi connectivity index (χ3n) is 3.29. The summed E-state index contributed by atoms with van der Waals surface area (Å²) < 4.78 is 0. The lowest BCUT2D eigenvalue weighted by Crippen LogP contribution is -2.20. The van der Waals surface area contributed by atoms with E-state index in [1.165, 1.54) is 25.7 Å². The highest BCUT2D eigenvalue weighted by atomic mass is 14.9. The van der Waals surface area contributed by atoms with Crippen molar-refractivity contribution in [1.29, 1.82) is 0 Å². The maximum atomic E-state index is 3.99. The van der Waals surface area contributed by atoms with Crippen molar-refractivity contribution in [1.82, 2.24) is 9.97 Å². The monoisotopic (exact) mass is 205 g/mol. The molecule has 0 aliphatic heterocycles. The van der Waals surface area contributed by atoms with E-state index in [2.05, 4.69) is 22.2 Å². The molecule has 0 atom stereocenters. The number of hydrogen-bond acceptors (Lipinski definition) is 3. The minimum atomic E-state index is 0.835. The molecule has 15 heavy (non-hydrogen) atoms. The van der Waals surface area contributed by atoms with Gasteiger partial charge < -0.3 is 5.32 Å². The highest BCUT2D eigenvalue weighted by molar-refractivity contribution is 5.36. The molecule has 1 aromatic rings. The molecule has 1 heterocycles. The number of anilines is 1. The smallest absolute Gasteiger partial charge is 0.115 e. The van der Waals surface area contributed by atoms with Crippen LogP contribution in [0.5, 0.6) is 0 Å². The van der Waals surface area contributed by atoms with Gasteiger partial charge >= 0.3 is 0 Å². The molecular weight excluding hydrogens is 186 g/mol. The molecule has 82 valence electrons. The molecule has 1 aliphatic rings. The van der Waals surface area contributed by atoms with Crippen LogP contribution >= 0.6 is 0 Å². The Morgan fingerprint density at radius 2 is 1.87 bits per heavy atom.